The highest BCUT2D eigenvalue weighted by Crippen LogP contribution is 2.46. The molecule has 5 atom stereocenters. The second-order valence-electron chi connectivity index (χ2n) is 11.5. The summed E-state index contributed by atoms with van der Waals surface area (Å²) in [5.74, 6) is -0.262. The maximum atomic E-state index is 13.1. The Bertz CT molecular complexity index is 1180. The molecule has 5 nitrogen and oxygen atoms in total. The number of hydrogen-bond donors (Lipinski definition) is 0. The quantitative estimate of drug-likeness (QED) is 0.309. The van der Waals surface area contributed by atoms with E-state index in [1.807, 2.05) is 31.2 Å². The molecule has 0 radical (unpaired) electrons. The average molecular weight is 531 g/mol. The van der Waals surface area contributed by atoms with E-state index in [0.29, 0.717) is 18.4 Å². The summed E-state index contributed by atoms with van der Waals surface area (Å²) in [5.41, 5.74) is 1.65. The molecule has 0 spiro atoms. The van der Waals surface area contributed by atoms with E-state index in [1.165, 1.54) is 10.4 Å². The van der Waals surface area contributed by atoms with Crippen LogP contribution in [-0.4, -0.2) is 46.0 Å². The van der Waals surface area contributed by atoms with Crippen LogP contribution in [0.15, 0.2) is 84.9 Å². The molecule has 3 aromatic rings. The van der Waals surface area contributed by atoms with E-state index in [4.69, 9.17) is 18.6 Å². The molecule has 0 N–H and O–H groups in total. The van der Waals surface area contributed by atoms with E-state index in [0.717, 1.165) is 5.56 Å². The Labute approximate surface area is 227 Å². The van der Waals surface area contributed by atoms with Crippen LogP contribution in [0, 0.1) is 12.8 Å². The first-order valence-corrected chi connectivity index (χ1v) is 15.4. The summed E-state index contributed by atoms with van der Waals surface area (Å²) < 4.78 is 25.5. The molecule has 5 rings (SSSR count). The lowest BCUT2D eigenvalue weighted by Crippen LogP contribution is -2.68. The Kier molecular flexibility index (Phi) is 7.60. The second kappa shape index (κ2) is 10.8. The minimum Gasteiger partial charge on any atom is -0.456 e. The Morgan fingerprint density at radius 3 is 1.95 bits per heavy atom. The van der Waals surface area contributed by atoms with Crippen LogP contribution in [0.4, 0.5) is 0 Å². The Morgan fingerprint density at radius 1 is 0.842 bits per heavy atom. The SMILES string of the molecule is COC1C[C@@H]2[C@H](O1)[C@H](OC(=O)c1ccc(C)cc1)C[C@H]2O[Si](c1ccccc1)(c1ccccc1)C(C)(C)C. The van der Waals surface area contributed by atoms with Crippen LogP contribution in [-0.2, 0) is 18.6 Å². The van der Waals surface area contributed by atoms with Crippen molar-refractivity contribution in [1.82, 2.24) is 0 Å². The van der Waals surface area contributed by atoms with Crippen LogP contribution in [0.25, 0.3) is 0 Å². The molecule has 3 aromatic carbocycles. The maximum Gasteiger partial charge on any atom is 0.338 e. The monoisotopic (exact) mass is 530 g/mol. The zero-order valence-corrected chi connectivity index (χ0v) is 23.9. The third kappa shape index (κ3) is 4.98. The number of benzene rings is 3. The van der Waals surface area contributed by atoms with Gasteiger partial charge in [-0.05, 0) is 34.5 Å². The van der Waals surface area contributed by atoms with Crippen LogP contribution >= 0.6 is 0 Å². The molecule has 6 heteroatoms. The molecule has 0 amide bonds. The number of carbonyl (C=O) groups is 1. The van der Waals surface area contributed by atoms with Crippen molar-refractivity contribution in [3.8, 4) is 0 Å². The van der Waals surface area contributed by atoms with E-state index in [9.17, 15) is 4.79 Å². The third-order valence-electron chi connectivity index (χ3n) is 8.06. The zero-order valence-electron chi connectivity index (χ0n) is 22.9. The van der Waals surface area contributed by atoms with Crippen molar-refractivity contribution in [3.63, 3.8) is 0 Å². The smallest absolute Gasteiger partial charge is 0.338 e. The van der Waals surface area contributed by atoms with Gasteiger partial charge in [-0.15, -0.1) is 0 Å². The number of methoxy groups -OCH3 is 1. The minimum absolute atomic E-state index is 0.0671. The molecule has 200 valence electrons. The summed E-state index contributed by atoms with van der Waals surface area (Å²) in [7, 11) is -1.12. The fourth-order valence-electron chi connectivity index (χ4n) is 6.17. The molecule has 1 aliphatic carbocycles. The number of aryl methyl sites for hydroxylation is 1. The van der Waals surface area contributed by atoms with Gasteiger partial charge in [-0.25, -0.2) is 4.79 Å². The van der Waals surface area contributed by atoms with Crippen LogP contribution < -0.4 is 10.4 Å². The highest BCUT2D eigenvalue weighted by atomic mass is 28.4. The topological polar surface area (TPSA) is 54.0 Å². The predicted molar refractivity (Wildman–Crippen MR) is 151 cm³/mol. The van der Waals surface area contributed by atoms with Crippen molar-refractivity contribution >= 4 is 24.7 Å². The van der Waals surface area contributed by atoms with Crippen LogP contribution in [0.1, 0.15) is 49.5 Å². The van der Waals surface area contributed by atoms with Gasteiger partial charge >= 0.3 is 5.97 Å². The van der Waals surface area contributed by atoms with E-state index in [-0.39, 0.29) is 35.4 Å². The largest absolute Gasteiger partial charge is 0.456 e. The lowest BCUT2D eigenvalue weighted by Gasteiger charge is -2.45. The Morgan fingerprint density at radius 2 is 1.42 bits per heavy atom. The van der Waals surface area contributed by atoms with Crippen molar-refractivity contribution < 1.29 is 23.4 Å². The molecule has 1 aliphatic heterocycles. The summed E-state index contributed by atoms with van der Waals surface area (Å²) in [5, 5.41) is 2.32. The molecule has 0 bridgehead atoms. The lowest BCUT2D eigenvalue weighted by atomic mass is 10.0. The second-order valence-corrected chi connectivity index (χ2v) is 15.8. The van der Waals surface area contributed by atoms with Crippen LogP contribution in [0.5, 0.6) is 0 Å². The lowest BCUT2D eigenvalue weighted by molar-refractivity contribution is -0.137. The van der Waals surface area contributed by atoms with Crippen molar-refractivity contribution in [2.45, 2.75) is 70.2 Å². The first-order valence-electron chi connectivity index (χ1n) is 13.5. The molecule has 0 aromatic heterocycles. The van der Waals surface area contributed by atoms with E-state index >= 15 is 0 Å². The minimum atomic E-state index is -2.78. The normalized spacial score (nSPS) is 25.2. The maximum absolute atomic E-state index is 13.1. The Hall–Kier alpha value is -2.77. The van der Waals surface area contributed by atoms with Crippen molar-refractivity contribution in [2.75, 3.05) is 7.11 Å². The number of carbonyl (C=O) groups excluding carboxylic acids is 1. The highest BCUT2D eigenvalue weighted by molar-refractivity contribution is 6.99. The van der Waals surface area contributed by atoms with Gasteiger partial charge < -0.3 is 18.6 Å². The Balaban J connectivity index is 1.51. The van der Waals surface area contributed by atoms with Gasteiger partial charge in [0.15, 0.2) is 6.29 Å². The molecule has 2 fully saturated rings. The molecule has 2 aliphatic rings. The van der Waals surface area contributed by atoms with Gasteiger partial charge in [0.25, 0.3) is 8.32 Å². The highest BCUT2D eigenvalue weighted by Gasteiger charge is 2.58. The zero-order chi connectivity index (χ0) is 26.9. The molecular formula is C32H38O5Si. The van der Waals surface area contributed by atoms with Gasteiger partial charge in [-0.2, -0.15) is 0 Å². The van der Waals surface area contributed by atoms with Gasteiger partial charge in [-0.1, -0.05) is 99.1 Å². The van der Waals surface area contributed by atoms with Gasteiger partial charge in [0, 0.05) is 25.9 Å². The van der Waals surface area contributed by atoms with Crippen molar-refractivity contribution in [3.05, 3.63) is 96.1 Å². The molecule has 38 heavy (non-hydrogen) atoms. The van der Waals surface area contributed by atoms with E-state index in [1.54, 1.807) is 7.11 Å². The predicted octanol–water partition coefficient (Wildman–Crippen LogP) is 5.25. The molecule has 1 saturated heterocycles. The van der Waals surface area contributed by atoms with E-state index < -0.39 is 14.4 Å². The average Bonchev–Trinajstić information content (AvgIpc) is 3.48. The van der Waals surface area contributed by atoms with Gasteiger partial charge in [-0.3, -0.25) is 0 Å². The van der Waals surface area contributed by atoms with Gasteiger partial charge in [0.05, 0.1) is 11.7 Å². The van der Waals surface area contributed by atoms with Crippen LogP contribution in [0.3, 0.4) is 0 Å². The number of esters is 1. The molecule has 1 saturated carbocycles. The molecule has 1 heterocycles. The fraction of sp³-hybridized carbons (Fsp3) is 0.406. The fourth-order valence-corrected chi connectivity index (χ4v) is 10.9. The summed E-state index contributed by atoms with van der Waals surface area (Å²) in [6, 6.07) is 28.8. The standard InChI is InChI=1S/C32H38O5Si/c1-22-16-18-23(19-17-22)31(33)35-28-21-27(26-20-29(34-5)36-30(26)28)37-38(32(2,3)4,24-12-8-6-9-13-24)25-14-10-7-11-15-25/h6-19,26-30H,20-21H2,1-5H3/t26-,27+,28+,29?,30-/m0/s1. The molecular weight excluding hydrogens is 492 g/mol. The first kappa shape index (κ1) is 26.8. The van der Waals surface area contributed by atoms with Gasteiger partial charge in [0.2, 0.25) is 0 Å². The summed E-state index contributed by atoms with van der Waals surface area (Å²) in [4.78, 5) is 13.1. The van der Waals surface area contributed by atoms with Crippen molar-refractivity contribution in [2.24, 2.45) is 5.92 Å². The number of rotatable bonds is 7. The van der Waals surface area contributed by atoms with Gasteiger partial charge in [0.1, 0.15) is 12.2 Å². The molecule has 1 unspecified atom stereocenters. The van der Waals surface area contributed by atoms with E-state index in [2.05, 4.69) is 81.4 Å². The summed E-state index contributed by atoms with van der Waals surface area (Å²) in [6.45, 7) is 8.84. The number of hydrogen-bond acceptors (Lipinski definition) is 5. The third-order valence-corrected chi connectivity index (χ3v) is 13.1. The first-order chi connectivity index (χ1) is 18.2. The van der Waals surface area contributed by atoms with Crippen molar-refractivity contribution in [1.29, 1.82) is 0 Å². The number of ether oxygens (including phenoxy) is 3. The van der Waals surface area contributed by atoms with Crippen LogP contribution in [0.2, 0.25) is 5.04 Å². The summed E-state index contributed by atoms with van der Waals surface area (Å²) >= 11 is 0. The number of fused-ring (bicyclic) bond motifs is 1. The summed E-state index contributed by atoms with van der Waals surface area (Å²) in [6.07, 6.45) is 0.157.